The highest BCUT2D eigenvalue weighted by atomic mass is 16.6. The third-order valence-corrected chi connectivity index (χ3v) is 4.74. The highest BCUT2D eigenvalue weighted by molar-refractivity contribution is 5.34. The molecule has 0 spiro atoms. The number of carbonyl (C=O) groups excluding carboxylic acids is 2. The first-order valence-corrected chi connectivity index (χ1v) is 10.4. The zero-order valence-electron chi connectivity index (χ0n) is 19.4. The van der Waals surface area contributed by atoms with E-state index in [1.165, 1.54) is 0 Å². The number of nitrogens with zero attached hydrogens (tertiary/aromatic N) is 2. The van der Waals surface area contributed by atoms with E-state index in [1.807, 2.05) is 0 Å². The molecule has 30 heavy (non-hydrogen) atoms. The topological polar surface area (TPSA) is 124 Å². The molecular formula is C22H40N2O6. The molecule has 0 radical (unpaired) electrons. The van der Waals surface area contributed by atoms with Gasteiger partial charge in [0, 0.05) is 5.41 Å². The van der Waals surface area contributed by atoms with Gasteiger partial charge in [0.15, 0.2) is 0 Å². The Balaban J connectivity index is 0.000000484. The second kappa shape index (κ2) is 13.8. The average Bonchev–Trinajstić information content (AvgIpc) is 3.55. The molecular weight excluding hydrogens is 388 g/mol. The van der Waals surface area contributed by atoms with Crippen molar-refractivity contribution in [1.29, 1.82) is 0 Å². The van der Waals surface area contributed by atoms with E-state index in [2.05, 4.69) is 42.4 Å². The Labute approximate surface area is 180 Å². The lowest BCUT2D eigenvalue weighted by Gasteiger charge is -2.44. The number of aliphatic imine (C=N–C) groups is 2. The third-order valence-electron chi connectivity index (χ3n) is 4.74. The molecule has 1 saturated carbocycles. The maximum Gasteiger partial charge on any atom is 0.235 e. The Kier molecular flexibility index (Phi) is 13.2. The molecule has 2 saturated heterocycles. The maximum atomic E-state index is 10.3. The van der Waals surface area contributed by atoms with Gasteiger partial charge in [0.25, 0.3) is 0 Å². The highest BCUT2D eigenvalue weighted by Gasteiger charge is 2.41. The lowest BCUT2D eigenvalue weighted by Crippen LogP contribution is -2.39. The molecule has 0 bridgehead atoms. The lowest BCUT2D eigenvalue weighted by molar-refractivity contribution is 0.0857. The van der Waals surface area contributed by atoms with E-state index in [1.54, 1.807) is 26.0 Å². The van der Waals surface area contributed by atoms with Gasteiger partial charge in [-0.1, -0.05) is 34.6 Å². The summed E-state index contributed by atoms with van der Waals surface area (Å²) in [6.07, 6.45) is 6.46. The highest BCUT2D eigenvalue weighted by Crippen LogP contribution is 2.47. The number of hydrogen-bond acceptors (Lipinski definition) is 8. The predicted molar refractivity (Wildman–Crippen MR) is 115 cm³/mol. The van der Waals surface area contributed by atoms with E-state index in [0.717, 1.165) is 39.1 Å². The molecule has 2 heterocycles. The molecule has 2 aliphatic heterocycles. The normalized spacial score (nSPS) is 27.7. The summed E-state index contributed by atoms with van der Waals surface area (Å²) in [6, 6.07) is 0.00750. The minimum atomic E-state index is -0.306. The summed E-state index contributed by atoms with van der Waals surface area (Å²) in [7, 11) is 0. The summed E-state index contributed by atoms with van der Waals surface area (Å²) in [5.41, 5.74) is -0.249. The average molecular weight is 429 g/mol. The van der Waals surface area contributed by atoms with Crippen molar-refractivity contribution in [3.05, 3.63) is 0 Å². The molecule has 174 valence electrons. The second-order valence-corrected chi connectivity index (χ2v) is 10.1. The van der Waals surface area contributed by atoms with Gasteiger partial charge in [0.05, 0.1) is 51.7 Å². The molecule has 3 aliphatic rings. The molecule has 8 heteroatoms. The molecule has 3 unspecified atom stereocenters. The van der Waals surface area contributed by atoms with Crippen LogP contribution in [0.1, 0.15) is 60.8 Å². The van der Waals surface area contributed by atoms with Crippen LogP contribution in [0.25, 0.3) is 0 Å². The number of aliphatic hydroxyl groups is 2. The van der Waals surface area contributed by atoms with E-state index in [-0.39, 0.29) is 35.5 Å². The first kappa shape index (κ1) is 28.6. The van der Waals surface area contributed by atoms with Crippen molar-refractivity contribution in [3.8, 4) is 0 Å². The van der Waals surface area contributed by atoms with Crippen LogP contribution in [-0.2, 0) is 19.1 Å². The van der Waals surface area contributed by atoms with Crippen molar-refractivity contribution in [2.24, 2.45) is 26.2 Å². The Bertz CT molecular complexity index is 567. The van der Waals surface area contributed by atoms with E-state index < -0.39 is 0 Å². The van der Waals surface area contributed by atoms with E-state index in [0.29, 0.717) is 12.6 Å². The number of isocyanates is 2. The Hall–Kier alpha value is -1.40. The Morgan fingerprint density at radius 2 is 1.57 bits per heavy atom. The molecule has 0 aromatic heterocycles. The fourth-order valence-corrected chi connectivity index (χ4v) is 3.23. The number of rotatable bonds is 5. The molecule has 0 amide bonds. The molecule has 2 N–H and O–H groups in total. The minimum absolute atomic E-state index is 0.00750. The number of hydrogen-bond donors (Lipinski definition) is 2. The van der Waals surface area contributed by atoms with Crippen LogP contribution in [0.15, 0.2) is 9.98 Å². The van der Waals surface area contributed by atoms with Gasteiger partial charge in [0.2, 0.25) is 12.2 Å². The summed E-state index contributed by atoms with van der Waals surface area (Å²) < 4.78 is 9.21. The fraction of sp³-hybridized carbons (Fsp3) is 0.909. The summed E-state index contributed by atoms with van der Waals surface area (Å²) >= 11 is 0. The summed E-state index contributed by atoms with van der Waals surface area (Å²) in [5, 5.41) is 16.9. The molecule has 0 aromatic carbocycles. The molecule has 3 rings (SSSR count). The summed E-state index contributed by atoms with van der Waals surface area (Å²) in [6.45, 7) is 15.6. The smallest absolute Gasteiger partial charge is 0.235 e. The Morgan fingerprint density at radius 1 is 1.07 bits per heavy atom. The van der Waals surface area contributed by atoms with E-state index >= 15 is 0 Å². The van der Waals surface area contributed by atoms with Gasteiger partial charge in [0.1, 0.15) is 0 Å². The van der Waals surface area contributed by atoms with Gasteiger partial charge in [-0.25, -0.2) is 19.6 Å². The van der Waals surface area contributed by atoms with Crippen molar-refractivity contribution < 1.29 is 29.3 Å². The minimum Gasteiger partial charge on any atom is -0.396 e. The zero-order valence-corrected chi connectivity index (χ0v) is 19.4. The second-order valence-electron chi connectivity index (χ2n) is 10.1. The van der Waals surface area contributed by atoms with Crippen molar-refractivity contribution in [1.82, 2.24) is 0 Å². The predicted octanol–water partition coefficient (Wildman–Crippen LogP) is 2.66. The molecule has 3 atom stereocenters. The van der Waals surface area contributed by atoms with Crippen molar-refractivity contribution in [2.45, 2.75) is 73.0 Å². The largest absolute Gasteiger partial charge is 0.396 e. The van der Waals surface area contributed by atoms with Crippen molar-refractivity contribution >= 4 is 12.2 Å². The maximum absolute atomic E-state index is 10.3. The van der Waals surface area contributed by atoms with Crippen molar-refractivity contribution in [3.63, 3.8) is 0 Å². The number of aliphatic hydroxyl groups excluding tert-OH is 2. The van der Waals surface area contributed by atoms with Crippen LogP contribution in [0.3, 0.4) is 0 Å². The van der Waals surface area contributed by atoms with Crippen LogP contribution in [-0.4, -0.2) is 74.1 Å². The fourth-order valence-electron chi connectivity index (χ4n) is 3.23. The lowest BCUT2D eigenvalue weighted by atomic mass is 9.63. The van der Waals surface area contributed by atoms with E-state index in [4.69, 9.17) is 14.9 Å². The molecule has 1 aliphatic carbocycles. The number of epoxide rings is 2. The SMILES string of the molecule is C1CO1.CC(C)(CO)CO.CC1(C)CC(N=C=O)CC(C)(CN=C=O)C1.CC1CO1. The first-order chi connectivity index (χ1) is 13.9. The van der Waals surface area contributed by atoms with Crippen LogP contribution in [0, 0.1) is 16.2 Å². The third kappa shape index (κ3) is 16.4. The zero-order chi connectivity index (χ0) is 23.3. The van der Waals surface area contributed by atoms with Crippen LogP contribution < -0.4 is 0 Å². The first-order valence-electron chi connectivity index (χ1n) is 10.4. The molecule has 8 nitrogen and oxygen atoms in total. The van der Waals surface area contributed by atoms with Gasteiger partial charge >= 0.3 is 0 Å². The van der Waals surface area contributed by atoms with Crippen LogP contribution in [0.2, 0.25) is 0 Å². The molecule has 0 aromatic rings. The van der Waals surface area contributed by atoms with Gasteiger partial charge in [-0.3, -0.25) is 0 Å². The monoisotopic (exact) mass is 428 g/mol. The quantitative estimate of drug-likeness (QED) is 0.394. The number of ether oxygens (including phenoxy) is 2. The Morgan fingerprint density at radius 3 is 1.87 bits per heavy atom. The van der Waals surface area contributed by atoms with Crippen LogP contribution in [0.4, 0.5) is 0 Å². The van der Waals surface area contributed by atoms with Crippen molar-refractivity contribution in [2.75, 3.05) is 39.6 Å². The van der Waals surface area contributed by atoms with Gasteiger partial charge < -0.3 is 19.7 Å². The van der Waals surface area contributed by atoms with Gasteiger partial charge in [-0.15, -0.1) is 0 Å². The summed E-state index contributed by atoms with van der Waals surface area (Å²) in [5.74, 6) is 0. The standard InChI is InChI=1S/C12H18N2O2.C5H12O2.C3H6O.C2H4O/c1-11(2)4-10(14-9-16)5-12(3,6-11)7-13-8-15;1-5(2,3-6)4-7;1-3-2-4-3;1-2-3-1/h10H,4-7H2,1-3H3;6-7H,3-4H2,1-2H3;3H,2H2,1H3;1-2H2. The van der Waals surface area contributed by atoms with Gasteiger partial charge in [-0.05, 0) is 37.0 Å². The van der Waals surface area contributed by atoms with Crippen LogP contribution in [0.5, 0.6) is 0 Å². The van der Waals surface area contributed by atoms with E-state index in [9.17, 15) is 9.59 Å². The van der Waals surface area contributed by atoms with Gasteiger partial charge in [-0.2, -0.15) is 0 Å². The molecule has 3 fully saturated rings. The summed E-state index contributed by atoms with van der Waals surface area (Å²) in [4.78, 5) is 28.0. The van der Waals surface area contributed by atoms with Crippen LogP contribution >= 0.6 is 0 Å².